The van der Waals surface area contributed by atoms with E-state index in [-0.39, 0.29) is 5.78 Å². The molecular formula is C8H12O. The lowest BCUT2D eigenvalue weighted by molar-refractivity contribution is -0.113. The molecule has 0 aromatic carbocycles. The van der Waals surface area contributed by atoms with Crippen molar-refractivity contribution in [1.82, 2.24) is 0 Å². The van der Waals surface area contributed by atoms with E-state index in [1.807, 2.05) is 32.1 Å². The zero-order chi connectivity index (χ0) is 7.28. The summed E-state index contributed by atoms with van der Waals surface area (Å²) in [4.78, 5) is 10.5. The van der Waals surface area contributed by atoms with Crippen LogP contribution in [0.2, 0.25) is 0 Å². The van der Waals surface area contributed by atoms with E-state index in [9.17, 15) is 4.79 Å². The second kappa shape index (κ2) is 4.07. The number of hydrogen-bond donors (Lipinski definition) is 0. The van der Waals surface area contributed by atoms with Crippen LogP contribution in [0.3, 0.4) is 0 Å². The van der Waals surface area contributed by atoms with Gasteiger partial charge in [-0.05, 0) is 26.3 Å². The summed E-state index contributed by atoms with van der Waals surface area (Å²) in [6.07, 6.45) is 5.56. The SMILES string of the molecule is CC=CC=C(C)C(C)=O. The molecule has 0 bridgehead atoms. The maximum atomic E-state index is 10.5. The molecule has 0 fully saturated rings. The predicted octanol–water partition coefficient (Wildman–Crippen LogP) is 2.10. The fourth-order valence-corrected chi connectivity index (χ4v) is 0.358. The zero-order valence-electron chi connectivity index (χ0n) is 6.14. The summed E-state index contributed by atoms with van der Waals surface area (Å²) < 4.78 is 0. The second-order valence-electron chi connectivity index (χ2n) is 1.93. The minimum atomic E-state index is 0.133. The minimum Gasteiger partial charge on any atom is -0.295 e. The van der Waals surface area contributed by atoms with Gasteiger partial charge in [0.1, 0.15) is 0 Å². The molecule has 0 aromatic heterocycles. The van der Waals surface area contributed by atoms with Crippen molar-refractivity contribution in [3.05, 3.63) is 23.8 Å². The molecule has 1 nitrogen and oxygen atoms in total. The first-order chi connectivity index (χ1) is 4.18. The molecule has 0 saturated carbocycles. The van der Waals surface area contributed by atoms with Crippen LogP contribution in [-0.4, -0.2) is 5.78 Å². The first-order valence-corrected chi connectivity index (χ1v) is 2.99. The topological polar surface area (TPSA) is 17.1 Å². The molecule has 1 heteroatoms. The molecule has 0 aromatic rings. The fourth-order valence-electron chi connectivity index (χ4n) is 0.358. The van der Waals surface area contributed by atoms with Crippen LogP contribution in [0.4, 0.5) is 0 Å². The van der Waals surface area contributed by atoms with Crippen LogP contribution < -0.4 is 0 Å². The quantitative estimate of drug-likeness (QED) is 0.407. The number of hydrogen-bond acceptors (Lipinski definition) is 1. The molecule has 50 valence electrons. The van der Waals surface area contributed by atoms with E-state index in [1.54, 1.807) is 6.92 Å². The third kappa shape index (κ3) is 3.71. The first kappa shape index (κ1) is 8.15. The lowest BCUT2D eigenvalue weighted by Gasteiger charge is -1.87. The van der Waals surface area contributed by atoms with Crippen molar-refractivity contribution in [3.63, 3.8) is 0 Å². The van der Waals surface area contributed by atoms with E-state index >= 15 is 0 Å². The van der Waals surface area contributed by atoms with Crippen molar-refractivity contribution in [1.29, 1.82) is 0 Å². The van der Waals surface area contributed by atoms with Gasteiger partial charge in [-0.2, -0.15) is 0 Å². The van der Waals surface area contributed by atoms with E-state index in [0.29, 0.717) is 0 Å². The van der Waals surface area contributed by atoms with Gasteiger partial charge in [-0.25, -0.2) is 0 Å². The third-order valence-electron chi connectivity index (χ3n) is 1.09. The van der Waals surface area contributed by atoms with Crippen LogP contribution in [0.15, 0.2) is 23.8 Å². The highest BCUT2D eigenvalue weighted by molar-refractivity contribution is 5.92. The van der Waals surface area contributed by atoms with Gasteiger partial charge < -0.3 is 0 Å². The molecule has 0 heterocycles. The Morgan fingerprint density at radius 1 is 1.33 bits per heavy atom. The summed E-state index contributed by atoms with van der Waals surface area (Å²) in [7, 11) is 0. The van der Waals surface area contributed by atoms with Crippen molar-refractivity contribution in [3.8, 4) is 0 Å². The van der Waals surface area contributed by atoms with Crippen LogP contribution in [0.5, 0.6) is 0 Å². The van der Waals surface area contributed by atoms with Gasteiger partial charge in [0.05, 0.1) is 0 Å². The van der Waals surface area contributed by atoms with Crippen molar-refractivity contribution in [2.45, 2.75) is 20.8 Å². The van der Waals surface area contributed by atoms with Gasteiger partial charge in [-0.15, -0.1) is 0 Å². The molecule has 9 heavy (non-hydrogen) atoms. The Bertz CT molecular complexity index is 152. The van der Waals surface area contributed by atoms with Gasteiger partial charge in [-0.3, -0.25) is 4.79 Å². The third-order valence-corrected chi connectivity index (χ3v) is 1.09. The standard InChI is InChI=1S/C8H12O/c1-4-5-6-7(2)8(3)9/h4-6H,1-3H3. The van der Waals surface area contributed by atoms with Crippen LogP contribution >= 0.6 is 0 Å². The number of rotatable bonds is 2. The lowest BCUT2D eigenvalue weighted by Crippen LogP contribution is -1.89. The van der Waals surface area contributed by atoms with Gasteiger partial charge in [-0.1, -0.05) is 18.2 Å². The Labute approximate surface area is 56.1 Å². The maximum Gasteiger partial charge on any atom is 0.155 e. The van der Waals surface area contributed by atoms with Gasteiger partial charge in [0.25, 0.3) is 0 Å². The van der Waals surface area contributed by atoms with Crippen LogP contribution in [0.1, 0.15) is 20.8 Å². The lowest BCUT2D eigenvalue weighted by atomic mass is 10.2. The van der Waals surface area contributed by atoms with Crippen LogP contribution in [0.25, 0.3) is 0 Å². The summed E-state index contributed by atoms with van der Waals surface area (Å²) in [6, 6.07) is 0. The molecule has 0 aliphatic heterocycles. The Morgan fingerprint density at radius 2 is 1.89 bits per heavy atom. The highest BCUT2D eigenvalue weighted by Crippen LogP contribution is 1.93. The molecule has 0 aliphatic rings. The Morgan fingerprint density at radius 3 is 2.22 bits per heavy atom. The minimum absolute atomic E-state index is 0.133. The largest absolute Gasteiger partial charge is 0.295 e. The number of ketones is 1. The number of Topliss-reactive ketones (excluding diaryl/α,β-unsaturated/α-hetero) is 1. The Hall–Kier alpha value is -0.850. The monoisotopic (exact) mass is 124 g/mol. The number of allylic oxidation sites excluding steroid dienone is 4. The average molecular weight is 124 g/mol. The molecule has 0 saturated heterocycles. The van der Waals surface area contributed by atoms with Crippen molar-refractivity contribution >= 4 is 5.78 Å². The predicted molar refractivity (Wildman–Crippen MR) is 39.3 cm³/mol. The van der Waals surface area contributed by atoms with E-state index in [2.05, 4.69) is 0 Å². The number of carbonyl (C=O) groups excluding carboxylic acids is 1. The highest BCUT2D eigenvalue weighted by atomic mass is 16.1. The molecule has 0 unspecified atom stereocenters. The van der Waals surface area contributed by atoms with Gasteiger partial charge >= 0.3 is 0 Å². The molecule has 0 atom stereocenters. The summed E-state index contributed by atoms with van der Waals surface area (Å²) in [5, 5.41) is 0. The van der Waals surface area contributed by atoms with Crippen molar-refractivity contribution < 1.29 is 4.79 Å². The van der Waals surface area contributed by atoms with Crippen molar-refractivity contribution in [2.75, 3.05) is 0 Å². The summed E-state index contributed by atoms with van der Waals surface area (Å²) in [6.45, 7) is 5.29. The van der Waals surface area contributed by atoms with E-state index in [4.69, 9.17) is 0 Å². The Kier molecular flexibility index (Phi) is 3.69. The van der Waals surface area contributed by atoms with Gasteiger partial charge in [0.2, 0.25) is 0 Å². The van der Waals surface area contributed by atoms with Crippen LogP contribution in [-0.2, 0) is 4.79 Å². The van der Waals surface area contributed by atoms with Crippen molar-refractivity contribution in [2.24, 2.45) is 0 Å². The Balaban J connectivity index is 4.00. The normalized spacial score (nSPS) is 12.6. The van der Waals surface area contributed by atoms with E-state index in [1.165, 1.54) is 0 Å². The fraction of sp³-hybridized carbons (Fsp3) is 0.375. The van der Waals surface area contributed by atoms with Crippen LogP contribution in [0, 0.1) is 0 Å². The van der Waals surface area contributed by atoms with Gasteiger partial charge in [0.15, 0.2) is 5.78 Å². The molecule has 0 radical (unpaired) electrons. The summed E-state index contributed by atoms with van der Waals surface area (Å²) in [5.74, 6) is 0.133. The maximum absolute atomic E-state index is 10.5. The number of carbonyl (C=O) groups is 1. The molecule has 0 amide bonds. The summed E-state index contributed by atoms with van der Waals surface area (Å²) in [5.41, 5.74) is 0.799. The van der Waals surface area contributed by atoms with E-state index < -0.39 is 0 Å². The first-order valence-electron chi connectivity index (χ1n) is 2.99. The molecule has 0 rings (SSSR count). The average Bonchev–Trinajstić information content (AvgIpc) is 1.82. The summed E-state index contributed by atoms with van der Waals surface area (Å²) >= 11 is 0. The highest BCUT2D eigenvalue weighted by Gasteiger charge is 1.90. The van der Waals surface area contributed by atoms with E-state index in [0.717, 1.165) is 5.57 Å². The molecule has 0 N–H and O–H groups in total. The second-order valence-corrected chi connectivity index (χ2v) is 1.93. The zero-order valence-corrected chi connectivity index (χ0v) is 6.14. The molecular weight excluding hydrogens is 112 g/mol. The molecule has 0 spiro atoms. The molecule has 0 aliphatic carbocycles. The van der Waals surface area contributed by atoms with Gasteiger partial charge in [0, 0.05) is 0 Å². The smallest absolute Gasteiger partial charge is 0.155 e.